The average molecular weight is 543 g/mol. The topological polar surface area (TPSA) is 54.4 Å². The van der Waals surface area contributed by atoms with Crippen molar-refractivity contribution in [1.82, 2.24) is 0 Å². The Balaban J connectivity index is 0. The number of quaternary nitrogens is 1. The van der Waals surface area contributed by atoms with E-state index in [1.807, 2.05) is 0 Å². The number of rotatable bonds is 18. The minimum Gasteiger partial charge on any atom is -1.00 e. The van der Waals surface area contributed by atoms with Gasteiger partial charge in [0.2, 0.25) is 0 Å². The second-order valence-corrected chi connectivity index (χ2v) is 12.1. The molecule has 0 spiro atoms. The number of hydrogen-bond acceptors (Lipinski definition) is 2. The molecular weight excluding hydrogens is 489 g/mol. The van der Waals surface area contributed by atoms with Gasteiger partial charge in [0.15, 0.2) is 0 Å². The first-order valence-corrected chi connectivity index (χ1v) is 15.6. The molecule has 0 aliphatic carbocycles. The molecule has 2 aromatic carbocycles. The summed E-state index contributed by atoms with van der Waals surface area (Å²) >= 11 is 0. The Morgan fingerprint density at radius 1 is 0.649 bits per heavy atom. The van der Waals surface area contributed by atoms with Crippen molar-refractivity contribution in [3.8, 4) is 0 Å². The Morgan fingerprint density at radius 3 is 1.41 bits per heavy atom. The molecule has 0 fully saturated rings. The molecule has 0 amide bonds. The van der Waals surface area contributed by atoms with Gasteiger partial charge in [-0.15, -0.1) is 0 Å². The van der Waals surface area contributed by atoms with Crippen molar-refractivity contribution in [3.63, 3.8) is 0 Å². The van der Waals surface area contributed by atoms with Gasteiger partial charge in [-0.2, -0.15) is 8.42 Å². The van der Waals surface area contributed by atoms with Crippen molar-refractivity contribution in [2.24, 2.45) is 0 Å². The summed E-state index contributed by atoms with van der Waals surface area (Å²) in [4.78, 5) is -0.0741. The smallest absolute Gasteiger partial charge is 1.00 e. The zero-order valence-corrected chi connectivity index (χ0v) is 27.0. The molecule has 0 atom stereocenters. The van der Waals surface area contributed by atoms with E-state index < -0.39 is 10.1 Å². The van der Waals surface area contributed by atoms with Crippen LogP contribution in [0.3, 0.4) is 0 Å². The predicted molar refractivity (Wildman–Crippen MR) is 155 cm³/mol. The summed E-state index contributed by atoms with van der Waals surface area (Å²) in [7, 11) is 0.738. The van der Waals surface area contributed by atoms with E-state index in [1.54, 1.807) is 18.2 Å². The molecule has 0 heterocycles. The van der Waals surface area contributed by atoms with Crippen molar-refractivity contribution >= 4 is 10.1 Å². The first kappa shape index (κ1) is 36.3. The van der Waals surface area contributed by atoms with Gasteiger partial charge < -0.3 is 5.91 Å². The first-order valence-electron chi connectivity index (χ1n) is 14.1. The molecule has 0 aromatic heterocycles. The second-order valence-electron chi connectivity index (χ2n) is 10.7. The molecule has 0 aliphatic heterocycles. The van der Waals surface area contributed by atoms with Crippen LogP contribution < -0.4 is 29.6 Å². The zero-order valence-electron chi connectivity index (χ0n) is 25.2. The molecule has 37 heavy (non-hydrogen) atoms. The third kappa shape index (κ3) is 20.9. The molecule has 0 saturated heterocycles. The maximum absolute atomic E-state index is 10.4. The fourth-order valence-electron chi connectivity index (χ4n) is 4.48. The SMILES string of the molecule is CCCCCCCCCCCCCCCC[N+](C)(C)Cc1ccccc1.O=S(=O)(O)c1ccccc1.[H-].[Na+]. The van der Waals surface area contributed by atoms with Crippen LogP contribution in [-0.2, 0) is 16.7 Å². The largest absolute Gasteiger partial charge is 1.00 e. The van der Waals surface area contributed by atoms with Gasteiger partial charge in [0.25, 0.3) is 10.1 Å². The molecular formula is C31H53NNaO3S+. The molecule has 1 N–H and O–H groups in total. The van der Waals surface area contributed by atoms with Crippen LogP contribution in [0.4, 0.5) is 0 Å². The van der Waals surface area contributed by atoms with E-state index in [9.17, 15) is 8.42 Å². The van der Waals surface area contributed by atoms with E-state index in [4.69, 9.17) is 4.55 Å². The fraction of sp³-hybridized carbons (Fsp3) is 0.613. The third-order valence-corrected chi connectivity index (χ3v) is 7.48. The number of hydrogen-bond donors (Lipinski definition) is 1. The van der Waals surface area contributed by atoms with Gasteiger partial charge in [-0.25, -0.2) is 0 Å². The van der Waals surface area contributed by atoms with Crippen LogP contribution in [0.15, 0.2) is 65.6 Å². The molecule has 0 radical (unpaired) electrons. The quantitative estimate of drug-likeness (QED) is 0.112. The van der Waals surface area contributed by atoms with Gasteiger partial charge in [-0.3, -0.25) is 4.55 Å². The van der Waals surface area contributed by atoms with Gasteiger partial charge in [-0.05, 0) is 25.0 Å². The van der Waals surface area contributed by atoms with E-state index in [-0.39, 0.29) is 35.9 Å². The molecule has 206 valence electrons. The van der Waals surface area contributed by atoms with Crippen molar-refractivity contribution < 1.29 is 48.4 Å². The maximum Gasteiger partial charge on any atom is 1.00 e. The molecule has 0 aliphatic rings. The fourth-order valence-corrected chi connectivity index (χ4v) is 4.98. The van der Waals surface area contributed by atoms with E-state index in [0.717, 1.165) is 11.0 Å². The Labute approximate surface area is 252 Å². The summed E-state index contributed by atoms with van der Waals surface area (Å²) in [5.41, 5.74) is 1.46. The molecule has 2 rings (SSSR count). The summed E-state index contributed by atoms with van der Waals surface area (Å²) in [5, 5.41) is 0. The molecule has 0 unspecified atom stereocenters. The first-order chi connectivity index (χ1) is 17.2. The van der Waals surface area contributed by atoms with E-state index >= 15 is 0 Å². The van der Waals surface area contributed by atoms with Gasteiger partial charge in [0, 0.05) is 5.56 Å². The van der Waals surface area contributed by atoms with Crippen LogP contribution in [0.25, 0.3) is 0 Å². The van der Waals surface area contributed by atoms with Crippen molar-refractivity contribution in [1.29, 1.82) is 0 Å². The second kappa shape index (κ2) is 22.2. The Kier molecular flexibility index (Phi) is 21.7. The van der Waals surface area contributed by atoms with Crippen molar-refractivity contribution in [3.05, 3.63) is 66.2 Å². The van der Waals surface area contributed by atoms with Crippen LogP contribution in [0.2, 0.25) is 0 Å². The summed E-state index contributed by atoms with van der Waals surface area (Å²) in [6.45, 7) is 4.75. The van der Waals surface area contributed by atoms with Gasteiger partial charge >= 0.3 is 29.6 Å². The van der Waals surface area contributed by atoms with Gasteiger partial charge in [-0.1, -0.05) is 133 Å². The van der Waals surface area contributed by atoms with Gasteiger partial charge in [0.05, 0.1) is 25.5 Å². The van der Waals surface area contributed by atoms with Crippen molar-refractivity contribution in [2.45, 2.75) is 108 Å². The average Bonchev–Trinajstić information content (AvgIpc) is 2.85. The van der Waals surface area contributed by atoms with E-state index in [2.05, 4.69) is 51.4 Å². The van der Waals surface area contributed by atoms with E-state index in [0.29, 0.717) is 0 Å². The minimum atomic E-state index is -4.00. The Bertz CT molecular complexity index is 881. The summed E-state index contributed by atoms with van der Waals surface area (Å²) < 4.78 is 30.4. The minimum absolute atomic E-state index is 0. The number of nitrogens with zero attached hydrogens (tertiary/aromatic N) is 1. The van der Waals surface area contributed by atoms with Crippen LogP contribution in [0.1, 0.15) is 104 Å². The third-order valence-electron chi connectivity index (χ3n) is 6.61. The maximum atomic E-state index is 10.4. The normalized spacial score (nSPS) is 11.4. The number of benzene rings is 2. The zero-order chi connectivity index (χ0) is 26.5. The van der Waals surface area contributed by atoms with Crippen LogP contribution in [0.5, 0.6) is 0 Å². The van der Waals surface area contributed by atoms with Gasteiger partial charge in [0.1, 0.15) is 6.54 Å². The Morgan fingerprint density at radius 2 is 1.03 bits per heavy atom. The molecule has 0 saturated carbocycles. The molecule has 6 heteroatoms. The van der Waals surface area contributed by atoms with E-state index in [1.165, 1.54) is 114 Å². The predicted octanol–water partition coefficient (Wildman–Crippen LogP) is 5.79. The Hall–Kier alpha value is -0.690. The monoisotopic (exact) mass is 542 g/mol. The van der Waals surface area contributed by atoms with Crippen LogP contribution >= 0.6 is 0 Å². The standard InChI is InChI=1S/C25H46N.C6H6O3S.Na.H/c1-4-5-6-7-8-9-10-11-12-13-14-15-16-20-23-26(2,3)24-25-21-18-17-19-22-25;7-10(8,9)6-4-2-1-3-5-6;;/h17-19,21-22H,4-16,20,23-24H2,1-3H3;1-5H,(H,7,8,9);;/q+1;;+1;-1. The molecule has 0 bridgehead atoms. The number of unbranched alkanes of at least 4 members (excludes halogenated alkanes) is 13. The molecule has 2 aromatic rings. The van der Waals surface area contributed by atoms with Crippen molar-refractivity contribution in [2.75, 3.05) is 20.6 Å². The summed E-state index contributed by atoms with van der Waals surface area (Å²) in [6, 6.07) is 18.3. The summed E-state index contributed by atoms with van der Waals surface area (Å²) in [6.07, 6.45) is 20.2. The van der Waals surface area contributed by atoms with Crippen LogP contribution in [0, 0.1) is 0 Å². The summed E-state index contributed by atoms with van der Waals surface area (Å²) in [5.74, 6) is 0. The van der Waals surface area contributed by atoms with Crippen LogP contribution in [-0.4, -0.2) is 38.1 Å². The molecule has 4 nitrogen and oxygen atoms in total.